The lowest BCUT2D eigenvalue weighted by Crippen LogP contribution is -2.00. The van der Waals surface area contributed by atoms with Gasteiger partial charge in [0, 0.05) is 17.7 Å². The van der Waals surface area contributed by atoms with Crippen molar-refractivity contribution in [3.05, 3.63) is 48.0 Å². The molecule has 0 atom stereocenters. The fourth-order valence-electron chi connectivity index (χ4n) is 2.51. The van der Waals surface area contributed by atoms with Gasteiger partial charge in [-0.2, -0.15) is 5.10 Å². The van der Waals surface area contributed by atoms with Crippen LogP contribution in [0.5, 0.6) is 0 Å². The van der Waals surface area contributed by atoms with Gasteiger partial charge < -0.3 is 5.32 Å². The van der Waals surface area contributed by atoms with Crippen molar-refractivity contribution in [2.75, 3.05) is 5.32 Å². The first-order valence-corrected chi connectivity index (χ1v) is 7.11. The number of H-pyrrole nitrogens is 1. The highest BCUT2D eigenvalue weighted by atomic mass is 15.2. The van der Waals surface area contributed by atoms with Crippen LogP contribution < -0.4 is 5.32 Å². The molecule has 1 aromatic heterocycles. The minimum atomic E-state index is 0.630. The van der Waals surface area contributed by atoms with Gasteiger partial charge in [-0.25, -0.2) is 0 Å². The van der Waals surface area contributed by atoms with E-state index < -0.39 is 0 Å². The lowest BCUT2D eigenvalue weighted by Gasteiger charge is -2.02. The molecule has 0 unspecified atom stereocenters. The van der Waals surface area contributed by atoms with E-state index in [9.17, 15) is 0 Å². The van der Waals surface area contributed by atoms with Gasteiger partial charge in [-0.3, -0.25) is 5.10 Å². The Kier molecular flexibility index (Phi) is 2.52. The average Bonchev–Trinajstić information content (AvgIpc) is 3.14. The third-order valence-corrected chi connectivity index (χ3v) is 3.81. The van der Waals surface area contributed by atoms with Gasteiger partial charge in [-0.15, -0.1) is 0 Å². The summed E-state index contributed by atoms with van der Waals surface area (Å²) in [5.74, 6) is 0.950. The number of fused-ring (bicyclic) bond motifs is 1. The molecule has 2 aromatic carbocycles. The zero-order valence-electron chi connectivity index (χ0n) is 11.5. The molecule has 4 rings (SSSR count). The summed E-state index contributed by atoms with van der Waals surface area (Å²) in [6.07, 6.45) is 2.52. The van der Waals surface area contributed by atoms with Crippen LogP contribution in [0.2, 0.25) is 0 Å². The van der Waals surface area contributed by atoms with Gasteiger partial charge in [-0.05, 0) is 36.6 Å². The summed E-state index contributed by atoms with van der Waals surface area (Å²) in [6, 6.07) is 15.8. The normalized spacial score (nSPS) is 14.7. The SMILES string of the molecule is Cc1ccc2cc(-c3cc(NC4CC4)n[nH]3)ccc2c1. The Hall–Kier alpha value is -2.29. The number of anilines is 1. The maximum Gasteiger partial charge on any atom is 0.148 e. The van der Waals surface area contributed by atoms with Crippen LogP contribution >= 0.6 is 0 Å². The number of nitrogens with zero attached hydrogens (tertiary/aromatic N) is 1. The van der Waals surface area contributed by atoms with Crippen molar-refractivity contribution in [2.45, 2.75) is 25.8 Å². The van der Waals surface area contributed by atoms with Crippen molar-refractivity contribution in [1.82, 2.24) is 10.2 Å². The highest BCUT2D eigenvalue weighted by Crippen LogP contribution is 2.28. The second-order valence-corrected chi connectivity index (χ2v) is 5.65. The molecule has 1 fully saturated rings. The molecular formula is C17H17N3. The Labute approximate surface area is 118 Å². The number of aryl methyl sites for hydroxylation is 1. The Balaban J connectivity index is 1.69. The van der Waals surface area contributed by atoms with Crippen LogP contribution in [-0.4, -0.2) is 16.2 Å². The van der Waals surface area contributed by atoms with E-state index in [0.29, 0.717) is 6.04 Å². The van der Waals surface area contributed by atoms with E-state index in [1.807, 2.05) is 0 Å². The van der Waals surface area contributed by atoms with Crippen molar-refractivity contribution in [1.29, 1.82) is 0 Å². The standard InChI is InChI=1S/C17H17N3/c1-11-2-3-13-9-14(5-4-12(13)8-11)16-10-17(20-19-16)18-15-6-7-15/h2-5,8-10,15H,6-7H2,1H3,(H2,18,19,20). The van der Waals surface area contributed by atoms with E-state index in [2.05, 4.69) is 64.9 Å². The second kappa shape index (κ2) is 4.37. The van der Waals surface area contributed by atoms with Gasteiger partial charge in [0.15, 0.2) is 0 Å². The molecular weight excluding hydrogens is 246 g/mol. The molecule has 0 radical (unpaired) electrons. The quantitative estimate of drug-likeness (QED) is 0.746. The average molecular weight is 263 g/mol. The predicted octanol–water partition coefficient (Wildman–Crippen LogP) is 4.11. The van der Waals surface area contributed by atoms with E-state index in [1.165, 1.54) is 34.7 Å². The highest BCUT2D eigenvalue weighted by Gasteiger charge is 2.21. The molecule has 100 valence electrons. The topological polar surface area (TPSA) is 40.7 Å². The molecule has 1 heterocycles. The van der Waals surface area contributed by atoms with Crippen LogP contribution in [0.3, 0.4) is 0 Å². The largest absolute Gasteiger partial charge is 0.366 e. The summed E-state index contributed by atoms with van der Waals surface area (Å²) in [7, 11) is 0. The smallest absolute Gasteiger partial charge is 0.148 e. The maximum absolute atomic E-state index is 4.33. The van der Waals surface area contributed by atoms with Crippen LogP contribution in [0.15, 0.2) is 42.5 Å². The molecule has 3 heteroatoms. The van der Waals surface area contributed by atoms with Crippen molar-refractivity contribution < 1.29 is 0 Å². The van der Waals surface area contributed by atoms with Gasteiger partial charge in [0.25, 0.3) is 0 Å². The maximum atomic E-state index is 4.33. The summed E-state index contributed by atoms with van der Waals surface area (Å²) in [6.45, 7) is 2.12. The van der Waals surface area contributed by atoms with E-state index in [4.69, 9.17) is 0 Å². The second-order valence-electron chi connectivity index (χ2n) is 5.65. The van der Waals surface area contributed by atoms with Crippen molar-refractivity contribution in [3.63, 3.8) is 0 Å². The molecule has 3 nitrogen and oxygen atoms in total. The molecule has 3 aromatic rings. The fourth-order valence-corrected chi connectivity index (χ4v) is 2.51. The van der Waals surface area contributed by atoms with Crippen LogP contribution in [0, 0.1) is 6.92 Å². The summed E-state index contributed by atoms with van der Waals surface area (Å²) in [5, 5.41) is 13.4. The number of aromatic amines is 1. The van der Waals surface area contributed by atoms with Crippen LogP contribution in [0.25, 0.3) is 22.0 Å². The molecule has 1 saturated carbocycles. The van der Waals surface area contributed by atoms with Gasteiger partial charge in [0.2, 0.25) is 0 Å². The first-order chi connectivity index (χ1) is 9.78. The van der Waals surface area contributed by atoms with E-state index >= 15 is 0 Å². The van der Waals surface area contributed by atoms with Gasteiger partial charge in [-0.1, -0.05) is 35.9 Å². The summed E-state index contributed by atoms with van der Waals surface area (Å²) >= 11 is 0. The number of aromatic nitrogens is 2. The minimum absolute atomic E-state index is 0.630. The van der Waals surface area contributed by atoms with Crippen LogP contribution in [0.4, 0.5) is 5.82 Å². The summed E-state index contributed by atoms with van der Waals surface area (Å²) in [4.78, 5) is 0. The monoisotopic (exact) mass is 263 g/mol. The Morgan fingerprint density at radius 2 is 1.85 bits per heavy atom. The molecule has 20 heavy (non-hydrogen) atoms. The Morgan fingerprint density at radius 3 is 2.70 bits per heavy atom. The molecule has 2 N–H and O–H groups in total. The Morgan fingerprint density at radius 1 is 1.05 bits per heavy atom. The van der Waals surface area contributed by atoms with Gasteiger partial charge >= 0.3 is 0 Å². The van der Waals surface area contributed by atoms with E-state index in [0.717, 1.165) is 11.5 Å². The molecule has 0 bridgehead atoms. The zero-order valence-corrected chi connectivity index (χ0v) is 11.5. The van der Waals surface area contributed by atoms with Crippen molar-refractivity contribution >= 4 is 16.6 Å². The minimum Gasteiger partial charge on any atom is -0.366 e. The molecule has 0 aliphatic heterocycles. The lowest BCUT2D eigenvalue weighted by atomic mass is 10.0. The van der Waals surface area contributed by atoms with Gasteiger partial charge in [0.1, 0.15) is 5.82 Å². The number of nitrogens with one attached hydrogen (secondary N) is 2. The molecule has 0 amide bonds. The van der Waals surface area contributed by atoms with Crippen LogP contribution in [-0.2, 0) is 0 Å². The first kappa shape index (κ1) is 11.5. The predicted molar refractivity (Wildman–Crippen MR) is 82.9 cm³/mol. The molecule has 0 saturated heterocycles. The van der Waals surface area contributed by atoms with Crippen molar-refractivity contribution in [3.8, 4) is 11.3 Å². The summed E-state index contributed by atoms with van der Waals surface area (Å²) < 4.78 is 0. The first-order valence-electron chi connectivity index (χ1n) is 7.11. The number of hydrogen-bond donors (Lipinski definition) is 2. The van der Waals surface area contributed by atoms with E-state index in [1.54, 1.807) is 0 Å². The van der Waals surface area contributed by atoms with Gasteiger partial charge in [0.05, 0.1) is 5.69 Å². The highest BCUT2D eigenvalue weighted by molar-refractivity contribution is 5.87. The molecule has 0 spiro atoms. The lowest BCUT2D eigenvalue weighted by molar-refractivity contribution is 1.05. The number of benzene rings is 2. The molecule has 1 aliphatic carbocycles. The zero-order chi connectivity index (χ0) is 13.5. The molecule has 1 aliphatic rings. The summed E-state index contributed by atoms with van der Waals surface area (Å²) in [5.41, 5.74) is 3.54. The number of rotatable bonds is 3. The van der Waals surface area contributed by atoms with E-state index in [-0.39, 0.29) is 0 Å². The Bertz CT molecular complexity index is 769. The third kappa shape index (κ3) is 2.16. The van der Waals surface area contributed by atoms with Crippen LogP contribution in [0.1, 0.15) is 18.4 Å². The third-order valence-electron chi connectivity index (χ3n) is 3.81. The van der Waals surface area contributed by atoms with Crippen molar-refractivity contribution in [2.24, 2.45) is 0 Å². The number of hydrogen-bond acceptors (Lipinski definition) is 2. The fraction of sp³-hybridized carbons (Fsp3) is 0.235.